The molecule has 0 saturated carbocycles. The van der Waals surface area contributed by atoms with Crippen molar-refractivity contribution >= 4 is 28.9 Å². The van der Waals surface area contributed by atoms with Crippen molar-refractivity contribution in [1.82, 2.24) is 0 Å². The van der Waals surface area contributed by atoms with E-state index in [1.807, 2.05) is 4.90 Å². The Morgan fingerprint density at radius 1 is 1.16 bits per heavy atom. The first kappa shape index (κ1) is 21.4. The van der Waals surface area contributed by atoms with Crippen LogP contribution in [0.5, 0.6) is 11.5 Å². The maximum Gasteiger partial charge on any atom is 0.338 e. The summed E-state index contributed by atoms with van der Waals surface area (Å²) in [6.45, 7) is 3.20. The van der Waals surface area contributed by atoms with Crippen LogP contribution >= 0.6 is 0 Å². The molecular weight excluding hydrogens is 418 g/mol. The third-order valence-electron chi connectivity index (χ3n) is 5.52. The van der Waals surface area contributed by atoms with E-state index in [-0.39, 0.29) is 18.0 Å². The maximum atomic E-state index is 12.4. The van der Waals surface area contributed by atoms with Crippen molar-refractivity contribution in [3.05, 3.63) is 52.1 Å². The van der Waals surface area contributed by atoms with Crippen LogP contribution in [0.1, 0.15) is 30.1 Å². The van der Waals surface area contributed by atoms with E-state index in [9.17, 15) is 19.7 Å². The summed E-state index contributed by atoms with van der Waals surface area (Å²) < 4.78 is 15.5. The van der Waals surface area contributed by atoms with Crippen molar-refractivity contribution in [1.29, 1.82) is 0 Å². The molecule has 2 aromatic carbocycles. The Bertz CT molecular complexity index is 1050. The first-order valence-electron chi connectivity index (χ1n) is 10.3. The van der Waals surface area contributed by atoms with Crippen LogP contribution in [0, 0.1) is 16.0 Å². The van der Waals surface area contributed by atoms with E-state index >= 15 is 0 Å². The van der Waals surface area contributed by atoms with Gasteiger partial charge in [-0.1, -0.05) is 6.92 Å². The molecule has 0 aromatic heterocycles. The first-order chi connectivity index (χ1) is 15.4. The third kappa shape index (κ3) is 4.74. The van der Waals surface area contributed by atoms with Gasteiger partial charge < -0.3 is 24.4 Å². The normalized spacial score (nSPS) is 15.3. The highest BCUT2D eigenvalue weighted by Crippen LogP contribution is 2.34. The number of carbonyl (C=O) groups is 2. The average Bonchev–Trinajstić information content (AvgIpc) is 3.25. The number of anilines is 2. The van der Waals surface area contributed by atoms with Crippen molar-refractivity contribution < 1.29 is 28.7 Å². The van der Waals surface area contributed by atoms with E-state index in [1.54, 1.807) is 24.3 Å². The summed E-state index contributed by atoms with van der Waals surface area (Å²) in [5.74, 6) is 0.316. The lowest BCUT2D eigenvalue weighted by atomic mass is 9.98. The van der Waals surface area contributed by atoms with Gasteiger partial charge in [0.2, 0.25) is 6.79 Å². The number of esters is 1. The molecule has 0 unspecified atom stereocenters. The Hall–Kier alpha value is -3.82. The Kier molecular flexibility index (Phi) is 6.11. The predicted molar refractivity (Wildman–Crippen MR) is 115 cm³/mol. The number of fused-ring (bicyclic) bond motifs is 1. The zero-order valence-electron chi connectivity index (χ0n) is 17.5. The summed E-state index contributed by atoms with van der Waals surface area (Å²) in [6, 6.07) is 9.15. The van der Waals surface area contributed by atoms with Crippen LogP contribution in [-0.2, 0) is 9.53 Å². The van der Waals surface area contributed by atoms with Gasteiger partial charge in [0.15, 0.2) is 18.1 Å². The monoisotopic (exact) mass is 441 g/mol. The standard InChI is InChI=1S/C22H23N3O7/c1-14-6-8-24(9-7-14)17-4-2-15(10-18(17)25(28)29)22(27)30-12-21(26)23-16-3-5-19-20(11-16)32-13-31-19/h2-5,10-11,14H,6-9,12-13H2,1H3,(H,23,26). The topological polar surface area (TPSA) is 120 Å². The molecule has 0 aliphatic carbocycles. The number of benzene rings is 2. The molecule has 0 bridgehead atoms. The molecule has 0 radical (unpaired) electrons. The van der Waals surface area contributed by atoms with Gasteiger partial charge in [-0.15, -0.1) is 0 Å². The molecule has 32 heavy (non-hydrogen) atoms. The number of ether oxygens (including phenoxy) is 3. The Morgan fingerprint density at radius 3 is 2.66 bits per heavy atom. The van der Waals surface area contributed by atoms with Gasteiger partial charge in [0, 0.05) is 30.9 Å². The average molecular weight is 441 g/mol. The smallest absolute Gasteiger partial charge is 0.338 e. The summed E-state index contributed by atoms with van der Waals surface area (Å²) in [7, 11) is 0. The molecule has 10 nitrogen and oxygen atoms in total. The molecule has 10 heteroatoms. The number of hydrogen-bond donors (Lipinski definition) is 1. The molecule has 2 aromatic rings. The quantitative estimate of drug-likeness (QED) is 0.412. The molecule has 0 spiro atoms. The fraction of sp³-hybridized carbons (Fsp3) is 0.364. The highest BCUT2D eigenvalue weighted by molar-refractivity contribution is 5.96. The number of nitro groups is 1. The highest BCUT2D eigenvalue weighted by Gasteiger charge is 2.25. The minimum atomic E-state index is -0.812. The molecule has 1 saturated heterocycles. The fourth-order valence-corrected chi connectivity index (χ4v) is 3.70. The molecule has 2 heterocycles. The molecular formula is C22H23N3O7. The molecule has 2 aliphatic rings. The number of nitrogens with zero attached hydrogens (tertiary/aromatic N) is 2. The maximum absolute atomic E-state index is 12.4. The Balaban J connectivity index is 1.38. The second kappa shape index (κ2) is 9.13. The van der Waals surface area contributed by atoms with Gasteiger partial charge in [-0.3, -0.25) is 14.9 Å². The number of rotatable bonds is 6. The van der Waals surface area contributed by atoms with E-state index in [4.69, 9.17) is 14.2 Å². The van der Waals surface area contributed by atoms with Crippen molar-refractivity contribution in [2.24, 2.45) is 5.92 Å². The van der Waals surface area contributed by atoms with Crippen molar-refractivity contribution in [2.75, 3.05) is 36.7 Å². The highest BCUT2D eigenvalue weighted by atomic mass is 16.7. The van der Waals surface area contributed by atoms with Gasteiger partial charge in [-0.05, 0) is 43.0 Å². The minimum absolute atomic E-state index is 0.0155. The van der Waals surface area contributed by atoms with E-state index in [2.05, 4.69) is 12.2 Å². The minimum Gasteiger partial charge on any atom is -0.454 e. The lowest BCUT2D eigenvalue weighted by Gasteiger charge is -2.31. The lowest BCUT2D eigenvalue weighted by molar-refractivity contribution is -0.384. The first-order valence-corrected chi connectivity index (χ1v) is 10.3. The van der Waals surface area contributed by atoms with Crippen LogP contribution in [0.2, 0.25) is 0 Å². The number of amides is 1. The molecule has 168 valence electrons. The number of nitrogens with one attached hydrogen (secondary N) is 1. The van der Waals surface area contributed by atoms with Gasteiger partial charge in [0.05, 0.1) is 10.5 Å². The largest absolute Gasteiger partial charge is 0.454 e. The molecule has 4 rings (SSSR count). The van der Waals surface area contributed by atoms with E-state index < -0.39 is 23.4 Å². The van der Waals surface area contributed by atoms with E-state index in [1.165, 1.54) is 12.1 Å². The lowest BCUT2D eigenvalue weighted by Crippen LogP contribution is -2.33. The van der Waals surface area contributed by atoms with Gasteiger partial charge in [-0.25, -0.2) is 4.79 Å². The number of hydrogen-bond acceptors (Lipinski definition) is 8. The van der Waals surface area contributed by atoms with E-state index in [0.29, 0.717) is 28.8 Å². The summed E-state index contributed by atoms with van der Waals surface area (Å²) in [6.07, 6.45) is 1.92. The van der Waals surface area contributed by atoms with Crippen molar-refractivity contribution in [3.63, 3.8) is 0 Å². The van der Waals surface area contributed by atoms with Gasteiger partial charge in [0.25, 0.3) is 11.6 Å². The van der Waals surface area contributed by atoms with E-state index in [0.717, 1.165) is 25.9 Å². The summed E-state index contributed by atoms with van der Waals surface area (Å²) in [5.41, 5.74) is 0.811. The van der Waals surface area contributed by atoms with Crippen LogP contribution in [0.4, 0.5) is 17.1 Å². The van der Waals surface area contributed by atoms with Gasteiger partial charge in [-0.2, -0.15) is 0 Å². The predicted octanol–water partition coefficient (Wildman–Crippen LogP) is 3.36. The number of nitro benzene ring substituents is 1. The SMILES string of the molecule is CC1CCN(c2ccc(C(=O)OCC(=O)Nc3ccc4c(c3)OCO4)cc2[N+](=O)[O-])CC1. The second-order valence-corrected chi connectivity index (χ2v) is 7.82. The van der Waals surface area contributed by atoms with Crippen molar-refractivity contribution in [2.45, 2.75) is 19.8 Å². The van der Waals surface area contributed by atoms with Crippen molar-refractivity contribution in [3.8, 4) is 11.5 Å². The summed E-state index contributed by atoms with van der Waals surface area (Å²) in [4.78, 5) is 37.6. The van der Waals surface area contributed by atoms with Crippen LogP contribution in [0.3, 0.4) is 0 Å². The number of carbonyl (C=O) groups excluding carboxylic acids is 2. The number of piperidine rings is 1. The second-order valence-electron chi connectivity index (χ2n) is 7.82. The van der Waals surface area contributed by atoms with Crippen LogP contribution in [0.25, 0.3) is 0 Å². The zero-order valence-corrected chi connectivity index (χ0v) is 17.5. The fourth-order valence-electron chi connectivity index (χ4n) is 3.70. The molecule has 1 N–H and O–H groups in total. The molecule has 2 aliphatic heterocycles. The third-order valence-corrected chi connectivity index (χ3v) is 5.52. The molecule has 1 amide bonds. The summed E-state index contributed by atoms with van der Waals surface area (Å²) >= 11 is 0. The van der Waals surface area contributed by atoms with Crippen LogP contribution < -0.4 is 19.7 Å². The molecule has 0 atom stereocenters. The Labute approximate surface area is 184 Å². The summed E-state index contributed by atoms with van der Waals surface area (Å²) in [5, 5.41) is 14.2. The zero-order chi connectivity index (χ0) is 22.7. The van der Waals surface area contributed by atoms with Gasteiger partial charge >= 0.3 is 5.97 Å². The molecule has 1 fully saturated rings. The van der Waals surface area contributed by atoms with Gasteiger partial charge in [0.1, 0.15) is 5.69 Å². The van der Waals surface area contributed by atoms with Crippen LogP contribution in [-0.4, -0.2) is 43.3 Å². The van der Waals surface area contributed by atoms with Crippen LogP contribution in [0.15, 0.2) is 36.4 Å². The Morgan fingerprint density at radius 2 is 1.91 bits per heavy atom.